The standard InChI is InChI=1S/C15H26O/c1-10-6-5-7-12-8-9-13(15(3,4)16)11(2)14(10)12/h7,10-11,13-14,16H,5-6,8-9H2,1-4H3/t10-,11+,13-,14-/m0/s1. The zero-order valence-electron chi connectivity index (χ0n) is 11.2. The van der Waals surface area contributed by atoms with Crippen LogP contribution < -0.4 is 0 Å². The molecule has 0 unspecified atom stereocenters. The molecule has 0 saturated heterocycles. The van der Waals surface area contributed by atoms with Crippen LogP contribution in [0.25, 0.3) is 0 Å². The Labute approximate surface area is 99.9 Å². The molecule has 4 atom stereocenters. The van der Waals surface area contributed by atoms with Gasteiger partial charge in [0.15, 0.2) is 0 Å². The van der Waals surface area contributed by atoms with Gasteiger partial charge in [-0.05, 0) is 63.2 Å². The van der Waals surface area contributed by atoms with Crippen molar-refractivity contribution < 1.29 is 5.11 Å². The van der Waals surface area contributed by atoms with Crippen LogP contribution in [0.2, 0.25) is 0 Å². The minimum absolute atomic E-state index is 0.468. The van der Waals surface area contributed by atoms with Gasteiger partial charge in [-0.25, -0.2) is 0 Å². The van der Waals surface area contributed by atoms with Crippen LogP contribution in [0.4, 0.5) is 0 Å². The summed E-state index contributed by atoms with van der Waals surface area (Å²) in [7, 11) is 0. The third-order valence-electron chi connectivity index (χ3n) is 4.92. The predicted molar refractivity (Wildman–Crippen MR) is 68.2 cm³/mol. The summed E-state index contributed by atoms with van der Waals surface area (Å²) in [6.45, 7) is 8.70. The molecule has 1 N–H and O–H groups in total. The van der Waals surface area contributed by atoms with E-state index in [0.29, 0.717) is 11.8 Å². The quantitative estimate of drug-likeness (QED) is 0.669. The van der Waals surface area contributed by atoms with Gasteiger partial charge in [0.1, 0.15) is 0 Å². The molecule has 0 amide bonds. The van der Waals surface area contributed by atoms with E-state index in [1.54, 1.807) is 5.57 Å². The van der Waals surface area contributed by atoms with E-state index >= 15 is 0 Å². The second kappa shape index (κ2) is 4.18. The molecule has 0 radical (unpaired) electrons. The molecule has 0 aliphatic heterocycles. The van der Waals surface area contributed by atoms with Gasteiger partial charge in [0.25, 0.3) is 0 Å². The summed E-state index contributed by atoms with van der Waals surface area (Å²) in [4.78, 5) is 0. The van der Waals surface area contributed by atoms with Gasteiger partial charge in [0.2, 0.25) is 0 Å². The van der Waals surface area contributed by atoms with E-state index in [1.165, 1.54) is 25.7 Å². The van der Waals surface area contributed by atoms with Gasteiger partial charge in [0.05, 0.1) is 5.60 Å². The van der Waals surface area contributed by atoms with Crippen LogP contribution in [-0.2, 0) is 0 Å². The fourth-order valence-electron chi connectivity index (χ4n) is 4.17. The topological polar surface area (TPSA) is 20.2 Å². The largest absolute Gasteiger partial charge is 0.390 e. The molecule has 0 aromatic rings. The lowest BCUT2D eigenvalue weighted by Gasteiger charge is -2.47. The normalized spacial score (nSPS) is 40.2. The smallest absolute Gasteiger partial charge is 0.0622 e. The van der Waals surface area contributed by atoms with E-state index in [9.17, 15) is 5.11 Å². The zero-order valence-corrected chi connectivity index (χ0v) is 11.2. The van der Waals surface area contributed by atoms with Crippen LogP contribution in [0.3, 0.4) is 0 Å². The third-order valence-corrected chi connectivity index (χ3v) is 4.92. The maximum absolute atomic E-state index is 10.3. The summed E-state index contributed by atoms with van der Waals surface area (Å²) in [6.07, 6.45) is 7.46. The van der Waals surface area contributed by atoms with Crippen molar-refractivity contribution in [3.63, 3.8) is 0 Å². The number of hydrogen-bond acceptors (Lipinski definition) is 1. The van der Waals surface area contributed by atoms with Crippen molar-refractivity contribution in [2.45, 2.75) is 59.0 Å². The van der Waals surface area contributed by atoms with E-state index in [4.69, 9.17) is 0 Å². The van der Waals surface area contributed by atoms with Gasteiger partial charge >= 0.3 is 0 Å². The predicted octanol–water partition coefficient (Wildman–Crippen LogP) is 3.78. The molecule has 0 heterocycles. The molecule has 2 aliphatic carbocycles. The van der Waals surface area contributed by atoms with Crippen molar-refractivity contribution >= 4 is 0 Å². The van der Waals surface area contributed by atoms with E-state index in [0.717, 1.165) is 11.8 Å². The second-order valence-electron chi connectivity index (χ2n) is 6.52. The first-order valence-corrected chi connectivity index (χ1v) is 6.82. The Hall–Kier alpha value is -0.300. The number of aliphatic hydroxyl groups is 1. The zero-order chi connectivity index (χ0) is 11.9. The average Bonchev–Trinajstić information content (AvgIpc) is 2.16. The van der Waals surface area contributed by atoms with Crippen LogP contribution in [0.1, 0.15) is 53.4 Å². The van der Waals surface area contributed by atoms with Gasteiger partial charge in [-0.15, -0.1) is 0 Å². The number of hydrogen-bond donors (Lipinski definition) is 1. The summed E-state index contributed by atoms with van der Waals surface area (Å²) < 4.78 is 0. The molecule has 16 heavy (non-hydrogen) atoms. The molecule has 2 aliphatic rings. The summed E-state index contributed by atoms with van der Waals surface area (Å²) >= 11 is 0. The molecule has 1 fully saturated rings. The van der Waals surface area contributed by atoms with Crippen LogP contribution in [0, 0.1) is 23.7 Å². The fraction of sp³-hybridized carbons (Fsp3) is 0.867. The number of allylic oxidation sites excluding steroid dienone is 2. The number of rotatable bonds is 1. The first kappa shape index (κ1) is 12.2. The van der Waals surface area contributed by atoms with Crippen molar-refractivity contribution in [3.05, 3.63) is 11.6 Å². The maximum atomic E-state index is 10.3. The van der Waals surface area contributed by atoms with Crippen molar-refractivity contribution in [1.82, 2.24) is 0 Å². The van der Waals surface area contributed by atoms with Gasteiger partial charge in [-0.1, -0.05) is 25.5 Å². The molecule has 1 saturated carbocycles. The molecule has 2 rings (SSSR count). The highest BCUT2D eigenvalue weighted by Crippen LogP contribution is 2.48. The molecule has 92 valence electrons. The monoisotopic (exact) mass is 222 g/mol. The summed E-state index contributed by atoms with van der Waals surface area (Å²) in [5.74, 6) is 2.64. The van der Waals surface area contributed by atoms with Crippen molar-refractivity contribution in [2.24, 2.45) is 23.7 Å². The van der Waals surface area contributed by atoms with E-state index < -0.39 is 5.60 Å². The molecule has 0 spiro atoms. The summed E-state index contributed by atoms with van der Waals surface area (Å²) in [5, 5.41) is 10.3. The number of fused-ring (bicyclic) bond motifs is 1. The highest BCUT2D eigenvalue weighted by molar-refractivity contribution is 5.17. The average molecular weight is 222 g/mol. The Morgan fingerprint density at radius 2 is 1.94 bits per heavy atom. The second-order valence-corrected chi connectivity index (χ2v) is 6.52. The molecule has 0 aromatic carbocycles. The van der Waals surface area contributed by atoms with Crippen LogP contribution >= 0.6 is 0 Å². The van der Waals surface area contributed by atoms with E-state index in [-0.39, 0.29) is 0 Å². The third kappa shape index (κ3) is 2.07. The highest BCUT2D eigenvalue weighted by Gasteiger charge is 2.42. The summed E-state index contributed by atoms with van der Waals surface area (Å²) in [5.41, 5.74) is 1.18. The van der Waals surface area contributed by atoms with Gasteiger partial charge in [0, 0.05) is 0 Å². The minimum atomic E-state index is -0.512. The maximum Gasteiger partial charge on any atom is 0.0622 e. The Morgan fingerprint density at radius 3 is 2.56 bits per heavy atom. The van der Waals surface area contributed by atoms with Crippen molar-refractivity contribution in [1.29, 1.82) is 0 Å². The first-order chi connectivity index (χ1) is 7.41. The molecular weight excluding hydrogens is 196 g/mol. The SMILES string of the molecule is C[C@H]1[C@H]2C(=CCC[C@@H]2C)CC[C@@H]1C(C)(C)O. The molecule has 1 nitrogen and oxygen atoms in total. The Kier molecular flexibility index (Phi) is 3.18. The van der Waals surface area contributed by atoms with Gasteiger partial charge < -0.3 is 5.11 Å². The lowest BCUT2D eigenvalue weighted by atomic mass is 9.60. The van der Waals surface area contributed by atoms with Crippen LogP contribution in [0.5, 0.6) is 0 Å². The van der Waals surface area contributed by atoms with E-state index in [2.05, 4.69) is 19.9 Å². The summed E-state index contributed by atoms with van der Waals surface area (Å²) in [6, 6.07) is 0. The first-order valence-electron chi connectivity index (χ1n) is 6.82. The van der Waals surface area contributed by atoms with Crippen molar-refractivity contribution in [2.75, 3.05) is 0 Å². The highest BCUT2D eigenvalue weighted by atomic mass is 16.3. The lowest BCUT2D eigenvalue weighted by Crippen LogP contribution is -2.43. The van der Waals surface area contributed by atoms with Crippen molar-refractivity contribution in [3.8, 4) is 0 Å². The van der Waals surface area contributed by atoms with Crippen LogP contribution in [0.15, 0.2) is 11.6 Å². The Bertz CT molecular complexity index is 284. The lowest BCUT2D eigenvalue weighted by molar-refractivity contribution is -0.0367. The Morgan fingerprint density at radius 1 is 1.25 bits per heavy atom. The van der Waals surface area contributed by atoms with Crippen LogP contribution in [-0.4, -0.2) is 10.7 Å². The molecule has 0 bridgehead atoms. The van der Waals surface area contributed by atoms with Gasteiger partial charge in [-0.2, -0.15) is 0 Å². The van der Waals surface area contributed by atoms with Gasteiger partial charge in [-0.3, -0.25) is 0 Å². The fourth-order valence-corrected chi connectivity index (χ4v) is 4.17. The molecule has 1 heteroatoms. The minimum Gasteiger partial charge on any atom is -0.390 e. The molecule has 0 aromatic heterocycles. The van der Waals surface area contributed by atoms with E-state index in [1.807, 2.05) is 13.8 Å². The molecular formula is C15H26O. The Balaban J connectivity index is 2.22.